The number of benzene rings is 1. The maximum atomic E-state index is 12.0. The summed E-state index contributed by atoms with van der Waals surface area (Å²) in [5.41, 5.74) is 6.92. The molecule has 1 aliphatic rings. The minimum Gasteiger partial charge on any atom is -0.442 e. The van der Waals surface area contributed by atoms with Crippen molar-refractivity contribution in [1.82, 2.24) is 9.88 Å². The van der Waals surface area contributed by atoms with Crippen molar-refractivity contribution >= 4 is 50.7 Å². The summed E-state index contributed by atoms with van der Waals surface area (Å²) in [6.45, 7) is 0.778. The number of nitrogens with zero attached hydrogens (tertiary/aromatic N) is 2. The second kappa shape index (κ2) is 5.58. The molecule has 1 aromatic heterocycles. The van der Waals surface area contributed by atoms with Gasteiger partial charge < -0.3 is 20.4 Å². The van der Waals surface area contributed by atoms with E-state index in [4.69, 9.17) is 22.7 Å². The standard InChI is InChI=1S/C13H14N4O3S2/c1-16-9-3-2-7(4-10(9)22-13(16)19)17-6-8(20-12(17)18)5-15-11(14)21/h2-4,8H,5-6H2,1H3,(H3,14,15,21). The third-order valence-electron chi connectivity index (χ3n) is 3.47. The van der Waals surface area contributed by atoms with Crippen molar-refractivity contribution in [2.75, 3.05) is 18.0 Å². The number of hydrogen-bond donors (Lipinski definition) is 2. The van der Waals surface area contributed by atoms with Crippen LogP contribution in [0.25, 0.3) is 10.2 Å². The third-order valence-corrected chi connectivity index (χ3v) is 4.61. The number of amides is 1. The second-order valence-electron chi connectivity index (χ2n) is 4.94. The first-order chi connectivity index (χ1) is 10.5. The number of nitrogens with one attached hydrogen (secondary N) is 1. The largest absolute Gasteiger partial charge is 0.442 e. The number of carbonyl (C=O) groups excluding carboxylic acids is 1. The Morgan fingerprint density at radius 2 is 2.32 bits per heavy atom. The van der Waals surface area contributed by atoms with E-state index in [2.05, 4.69) is 5.32 Å². The minimum atomic E-state index is -0.419. The maximum absolute atomic E-state index is 12.0. The van der Waals surface area contributed by atoms with Crippen molar-refractivity contribution in [3.63, 3.8) is 0 Å². The quantitative estimate of drug-likeness (QED) is 0.803. The summed E-state index contributed by atoms with van der Waals surface area (Å²) in [7, 11) is 1.72. The van der Waals surface area contributed by atoms with Crippen LogP contribution in [0.5, 0.6) is 0 Å². The van der Waals surface area contributed by atoms with Gasteiger partial charge >= 0.3 is 11.0 Å². The average Bonchev–Trinajstić information content (AvgIpc) is 2.97. The van der Waals surface area contributed by atoms with Gasteiger partial charge in [0, 0.05) is 12.7 Å². The highest BCUT2D eigenvalue weighted by Gasteiger charge is 2.32. The van der Waals surface area contributed by atoms with E-state index in [0.29, 0.717) is 18.8 Å². The van der Waals surface area contributed by atoms with E-state index in [9.17, 15) is 9.59 Å². The van der Waals surface area contributed by atoms with Crippen molar-refractivity contribution in [1.29, 1.82) is 0 Å². The predicted molar refractivity (Wildman–Crippen MR) is 89.5 cm³/mol. The molecule has 7 nitrogen and oxygen atoms in total. The number of hydrogen-bond acceptors (Lipinski definition) is 5. The van der Waals surface area contributed by atoms with Crippen LogP contribution in [0.4, 0.5) is 10.5 Å². The Balaban J connectivity index is 1.83. The van der Waals surface area contributed by atoms with Gasteiger partial charge in [-0.25, -0.2) is 4.79 Å². The van der Waals surface area contributed by atoms with E-state index in [1.807, 2.05) is 12.1 Å². The fourth-order valence-electron chi connectivity index (χ4n) is 2.34. The average molecular weight is 338 g/mol. The third kappa shape index (κ3) is 2.64. The van der Waals surface area contributed by atoms with E-state index in [0.717, 1.165) is 21.6 Å². The fraction of sp³-hybridized carbons (Fsp3) is 0.308. The molecular weight excluding hydrogens is 324 g/mol. The molecule has 1 amide bonds. The van der Waals surface area contributed by atoms with Crippen LogP contribution < -0.4 is 20.8 Å². The maximum Gasteiger partial charge on any atom is 0.414 e. The highest BCUT2D eigenvalue weighted by Crippen LogP contribution is 2.27. The lowest BCUT2D eigenvalue weighted by Crippen LogP contribution is -2.37. The summed E-state index contributed by atoms with van der Waals surface area (Å²) in [5.74, 6) is 0. The van der Waals surface area contributed by atoms with Crippen LogP contribution in [0.15, 0.2) is 23.0 Å². The smallest absolute Gasteiger partial charge is 0.414 e. The lowest BCUT2D eigenvalue weighted by atomic mass is 10.2. The summed E-state index contributed by atoms with van der Waals surface area (Å²) in [5, 5.41) is 2.95. The van der Waals surface area contributed by atoms with Crippen molar-refractivity contribution in [2.24, 2.45) is 12.8 Å². The van der Waals surface area contributed by atoms with Crippen molar-refractivity contribution < 1.29 is 9.53 Å². The van der Waals surface area contributed by atoms with Gasteiger partial charge in [0.2, 0.25) is 0 Å². The molecule has 1 saturated heterocycles. The summed E-state index contributed by atoms with van der Waals surface area (Å²) >= 11 is 5.88. The number of nitrogens with two attached hydrogens (primary N) is 1. The Labute approximate surface area is 135 Å². The van der Waals surface area contributed by atoms with Gasteiger partial charge in [-0.15, -0.1) is 0 Å². The molecule has 0 saturated carbocycles. The van der Waals surface area contributed by atoms with Gasteiger partial charge in [-0.1, -0.05) is 11.3 Å². The summed E-state index contributed by atoms with van der Waals surface area (Å²) in [4.78, 5) is 25.2. The molecule has 3 rings (SSSR count). The lowest BCUT2D eigenvalue weighted by Gasteiger charge is -2.13. The molecule has 9 heteroatoms. The molecule has 3 N–H and O–H groups in total. The molecule has 1 aromatic carbocycles. The molecule has 1 atom stereocenters. The van der Waals surface area contributed by atoms with Gasteiger partial charge in [-0.2, -0.15) is 0 Å². The monoisotopic (exact) mass is 338 g/mol. The Morgan fingerprint density at radius 3 is 3.05 bits per heavy atom. The normalized spacial score (nSPS) is 17.8. The van der Waals surface area contributed by atoms with E-state index >= 15 is 0 Å². The number of aryl methyl sites for hydroxylation is 1. The molecule has 2 heterocycles. The number of carbonyl (C=O) groups is 1. The second-order valence-corrected chi connectivity index (χ2v) is 6.37. The van der Waals surface area contributed by atoms with Crippen LogP contribution in [0.2, 0.25) is 0 Å². The molecule has 1 unspecified atom stereocenters. The van der Waals surface area contributed by atoms with E-state index in [-0.39, 0.29) is 16.1 Å². The van der Waals surface area contributed by atoms with E-state index in [1.54, 1.807) is 17.7 Å². The molecule has 1 fully saturated rings. The van der Waals surface area contributed by atoms with Gasteiger partial charge in [0.1, 0.15) is 6.10 Å². The molecular formula is C13H14N4O3S2. The summed E-state index contributed by atoms with van der Waals surface area (Å²) in [6, 6.07) is 5.46. The molecule has 0 bridgehead atoms. The Bertz CT molecular complexity index is 813. The zero-order chi connectivity index (χ0) is 15.9. The first-order valence-electron chi connectivity index (χ1n) is 6.57. The molecule has 0 radical (unpaired) electrons. The number of thiazole rings is 1. The van der Waals surface area contributed by atoms with Crippen LogP contribution in [-0.4, -0.2) is 35.0 Å². The van der Waals surface area contributed by atoms with Crippen LogP contribution in [0, 0.1) is 0 Å². The first kappa shape index (κ1) is 14.8. The zero-order valence-electron chi connectivity index (χ0n) is 11.7. The number of fused-ring (bicyclic) bond motifs is 1. The van der Waals surface area contributed by atoms with E-state index < -0.39 is 6.09 Å². The van der Waals surface area contributed by atoms with Crippen LogP contribution in [0.3, 0.4) is 0 Å². The van der Waals surface area contributed by atoms with Crippen LogP contribution in [-0.2, 0) is 11.8 Å². The van der Waals surface area contributed by atoms with Gasteiger partial charge in [-0.3, -0.25) is 9.69 Å². The van der Waals surface area contributed by atoms with E-state index in [1.165, 1.54) is 4.90 Å². The fourth-order valence-corrected chi connectivity index (χ4v) is 3.34. The number of ether oxygens (including phenoxy) is 1. The zero-order valence-corrected chi connectivity index (χ0v) is 13.4. The van der Waals surface area contributed by atoms with Gasteiger partial charge in [0.05, 0.1) is 23.3 Å². The van der Waals surface area contributed by atoms with Gasteiger partial charge in [0.15, 0.2) is 5.11 Å². The lowest BCUT2D eigenvalue weighted by molar-refractivity contribution is 0.143. The Kier molecular flexibility index (Phi) is 3.75. The SMILES string of the molecule is Cn1c(=O)sc2cc(N3CC(CNC(N)=S)OC3=O)ccc21. The number of anilines is 1. The highest BCUT2D eigenvalue weighted by molar-refractivity contribution is 7.80. The number of thiocarbonyl (C=S) groups is 1. The number of cyclic esters (lactones) is 1. The Hall–Kier alpha value is -2.13. The molecule has 22 heavy (non-hydrogen) atoms. The van der Waals surface area contributed by atoms with Crippen LogP contribution in [0.1, 0.15) is 0 Å². The molecule has 0 aliphatic carbocycles. The number of aromatic nitrogens is 1. The van der Waals surface area contributed by atoms with Crippen LogP contribution >= 0.6 is 23.6 Å². The topological polar surface area (TPSA) is 89.6 Å². The minimum absolute atomic E-state index is 0.0327. The highest BCUT2D eigenvalue weighted by atomic mass is 32.1. The van der Waals surface area contributed by atoms with Gasteiger partial charge in [0.25, 0.3) is 0 Å². The molecule has 1 aliphatic heterocycles. The summed E-state index contributed by atoms with van der Waals surface area (Å²) < 4.78 is 7.69. The Morgan fingerprint density at radius 1 is 1.55 bits per heavy atom. The molecule has 116 valence electrons. The predicted octanol–water partition coefficient (Wildman–Crippen LogP) is 0.758. The molecule has 0 spiro atoms. The van der Waals surface area contributed by atoms with Crippen molar-refractivity contribution in [3.05, 3.63) is 27.9 Å². The summed E-state index contributed by atoms with van der Waals surface area (Å²) in [6.07, 6.45) is -0.739. The van der Waals surface area contributed by atoms with Gasteiger partial charge in [-0.05, 0) is 30.4 Å². The first-order valence-corrected chi connectivity index (χ1v) is 7.79. The van der Waals surface area contributed by atoms with Crippen molar-refractivity contribution in [2.45, 2.75) is 6.10 Å². The molecule has 2 aromatic rings. The van der Waals surface area contributed by atoms with Crippen molar-refractivity contribution in [3.8, 4) is 0 Å². The number of rotatable bonds is 3.